The van der Waals surface area contributed by atoms with Crippen molar-refractivity contribution in [2.24, 2.45) is 0 Å². The Labute approximate surface area is 140 Å². The number of amides is 1. The molecule has 0 radical (unpaired) electrons. The van der Waals surface area contributed by atoms with Crippen LogP contribution in [0.25, 0.3) is 0 Å². The Bertz CT molecular complexity index is 646. The largest absolute Gasteiger partial charge is 0.479 e. The predicted octanol–water partition coefficient (Wildman–Crippen LogP) is 4.64. The number of carbonyl (C=O) groups excluding carboxylic acids is 1. The topological polar surface area (TPSA) is 38.3 Å². The molecular weight excluding hydrogens is 321 g/mol. The Hall–Kier alpha value is -1.71. The van der Waals surface area contributed by atoms with Crippen molar-refractivity contribution in [2.45, 2.75) is 26.0 Å². The smallest absolute Gasteiger partial charge is 0.261 e. The van der Waals surface area contributed by atoms with Crippen LogP contribution in [0.1, 0.15) is 25.5 Å². The number of nitrogens with one attached hydrogen (secondary N) is 1. The standard InChI is InChI=1S/C17H17Cl2NO2/c1-11(13-7-4-3-5-8-13)20-17(21)12(2)22-15-10-6-9-14(18)16(15)19/h3-12H,1-2H3,(H,20,21). The van der Waals surface area contributed by atoms with Gasteiger partial charge in [0.2, 0.25) is 0 Å². The minimum atomic E-state index is -0.679. The van der Waals surface area contributed by atoms with E-state index in [0.717, 1.165) is 5.56 Å². The number of carbonyl (C=O) groups is 1. The molecule has 1 N–H and O–H groups in total. The first-order valence-electron chi connectivity index (χ1n) is 6.95. The second-order valence-electron chi connectivity index (χ2n) is 4.95. The molecule has 0 aliphatic carbocycles. The molecule has 0 saturated carbocycles. The fraction of sp³-hybridized carbons (Fsp3) is 0.235. The van der Waals surface area contributed by atoms with Gasteiger partial charge in [-0.2, -0.15) is 0 Å². The van der Waals surface area contributed by atoms with Crippen molar-refractivity contribution in [2.75, 3.05) is 0 Å². The van der Waals surface area contributed by atoms with Gasteiger partial charge in [0.1, 0.15) is 10.8 Å². The number of hydrogen-bond donors (Lipinski definition) is 1. The van der Waals surface area contributed by atoms with Crippen LogP contribution >= 0.6 is 23.2 Å². The van der Waals surface area contributed by atoms with Crippen LogP contribution < -0.4 is 10.1 Å². The second-order valence-corrected chi connectivity index (χ2v) is 5.74. The van der Waals surface area contributed by atoms with Gasteiger partial charge in [0.25, 0.3) is 5.91 Å². The summed E-state index contributed by atoms with van der Waals surface area (Å²) < 4.78 is 5.60. The predicted molar refractivity (Wildman–Crippen MR) is 89.6 cm³/mol. The highest BCUT2D eigenvalue weighted by molar-refractivity contribution is 6.42. The van der Waals surface area contributed by atoms with Crippen LogP contribution in [0.2, 0.25) is 10.0 Å². The van der Waals surface area contributed by atoms with Gasteiger partial charge in [-0.15, -0.1) is 0 Å². The zero-order valence-electron chi connectivity index (χ0n) is 12.3. The fourth-order valence-electron chi connectivity index (χ4n) is 1.97. The Kier molecular flexibility index (Phi) is 5.69. The summed E-state index contributed by atoms with van der Waals surface area (Å²) in [6.07, 6.45) is -0.679. The van der Waals surface area contributed by atoms with E-state index in [2.05, 4.69) is 5.32 Å². The van der Waals surface area contributed by atoms with E-state index in [0.29, 0.717) is 15.8 Å². The van der Waals surface area contributed by atoms with Crippen LogP contribution in [-0.2, 0) is 4.79 Å². The number of hydrogen-bond acceptors (Lipinski definition) is 2. The molecule has 0 saturated heterocycles. The molecule has 0 aliphatic rings. The lowest BCUT2D eigenvalue weighted by Crippen LogP contribution is -2.37. The van der Waals surface area contributed by atoms with Gasteiger partial charge in [0.15, 0.2) is 6.10 Å². The third-order valence-corrected chi connectivity index (χ3v) is 4.05. The zero-order chi connectivity index (χ0) is 16.1. The van der Waals surface area contributed by atoms with Gasteiger partial charge in [-0.05, 0) is 31.5 Å². The number of rotatable bonds is 5. The van der Waals surface area contributed by atoms with Crippen molar-refractivity contribution < 1.29 is 9.53 Å². The summed E-state index contributed by atoms with van der Waals surface area (Å²) in [5.74, 6) is 0.177. The summed E-state index contributed by atoms with van der Waals surface area (Å²) >= 11 is 12.0. The van der Waals surface area contributed by atoms with E-state index in [1.807, 2.05) is 37.3 Å². The molecule has 5 heteroatoms. The summed E-state index contributed by atoms with van der Waals surface area (Å²) in [7, 11) is 0. The lowest BCUT2D eigenvalue weighted by Gasteiger charge is -2.19. The summed E-state index contributed by atoms with van der Waals surface area (Å²) in [4.78, 5) is 12.2. The van der Waals surface area contributed by atoms with Crippen molar-refractivity contribution in [3.8, 4) is 5.75 Å². The van der Waals surface area contributed by atoms with Crippen LogP contribution in [0.15, 0.2) is 48.5 Å². The normalized spacial score (nSPS) is 13.3. The van der Waals surface area contributed by atoms with Gasteiger partial charge < -0.3 is 10.1 Å². The van der Waals surface area contributed by atoms with Crippen LogP contribution in [0.4, 0.5) is 0 Å². The summed E-state index contributed by atoms with van der Waals surface area (Å²) in [5.41, 5.74) is 1.03. The molecule has 22 heavy (non-hydrogen) atoms. The maximum absolute atomic E-state index is 12.2. The van der Waals surface area contributed by atoms with Crippen LogP contribution in [0.3, 0.4) is 0 Å². The average molecular weight is 338 g/mol. The fourth-order valence-corrected chi connectivity index (χ4v) is 2.31. The molecule has 0 fully saturated rings. The van der Waals surface area contributed by atoms with Crippen molar-refractivity contribution in [3.63, 3.8) is 0 Å². The highest BCUT2D eigenvalue weighted by Gasteiger charge is 2.19. The van der Waals surface area contributed by atoms with Crippen molar-refractivity contribution >= 4 is 29.1 Å². The van der Waals surface area contributed by atoms with Crippen LogP contribution in [-0.4, -0.2) is 12.0 Å². The molecule has 2 unspecified atom stereocenters. The first-order chi connectivity index (χ1) is 10.5. The quantitative estimate of drug-likeness (QED) is 0.863. The molecule has 2 aromatic rings. The molecule has 1 amide bonds. The molecule has 2 atom stereocenters. The molecule has 0 aliphatic heterocycles. The minimum absolute atomic E-state index is 0.102. The van der Waals surface area contributed by atoms with Crippen molar-refractivity contribution in [1.29, 1.82) is 0 Å². The Balaban J connectivity index is 1.99. The molecule has 0 spiro atoms. The molecule has 116 valence electrons. The van der Waals surface area contributed by atoms with Gasteiger partial charge >= 0.3 is 0 Å². The first-order valence-corrected chi connectivity index (χ1v) is 7.70. The third-order valence-electron chi connectivity index (χ3n) is 3.25. The van der Waals surface area contributed by atoms with Crippen molar-refractivity contribution in [3.05, 3.63) is 64.1 Å². The highest BCUT2D eigenvalue weighted by atomic mass is 35.5. The van der Waals surface area contributed by atoms with E-state index in [9.17, 15) is 4.79 Å². The lowest BCUT2D eigenvalue weighted by molar-refractivity contribution is -0.127. The zero-order valence-corrected chi connectivity index (χ0v) is 13.9. The minimum Gasteiger partial charge on any atom is -0.479 e. The molecule has 0 aromatic heterocycles. The SMILES string of the molecule is CC(Oc1cccc(Cl)c1Cl)C(=O)NC(C)c1ccccc1. The van der Waals surface area contributed by atoms with E-state index in [1.54, 1.807) is 25.1 Å². The van der Waals surface area contributed by atoms with E-state index in [1.165, 1.54) is 0 Å². The van der Waals surface area contributed by atoms with E-state index >= 15 is 0 Å². The summed E-state index contributed by atoms with van der Waals surface area (Å²) in [6, 6.07) is 14.7. The monoisotopic (exact) mass is 337 g/mol. The van der Waals surface area contributed by atoms with Crippen LogP contribution in [0, 0.1) is 0 Å². The Morgan fingerprint density at radius 1 is 1.05 bits per heavy atom. The molecule has 0 heterocycles. The van der Waals surface area contributed by atoms with Gasteiger partial charge in [-0.3, -0.25) is 4.79 Å². The lowest BCUT2D eigenvalue weighted by atomic mass is 10.1. The van der Waals surface area contributed by atoms with Gasteiger partial charge in [0, 0.05) is 0 Å². The average Bonchev–Trinajstić information content (AvgIpc) is 2.52. The van der Waals surface area contributed by atoms with Crippen molar-refractivity contribution in [1.82, 2.24) is 5.32 Å². The maximum atomic E-state index is 12.2. The second kappa shape index (κ2) is 7.52. The third kappa shape index (κ3) is 4.15. The molecular formula is C17H17Cl2NO2. The Morgan fingerprint density at radius 2 is 1.73 bits per heavy atom. The van der Waals surface area contributed by atoms with Gasteiger partial charge in [-0.1, -0.05) is 59.6 Å². The first kappa shape index (κ1) is 16.7. The number of ether oxygens (including phenoxy) is 1. The van der Waals surface area contributed by atoms with Crippen LogP contribution in [0.5, 0.6) is 5.75 Å². The van der Waals surface area contributed by atoms with E-state index in [4.69, 9.17) is 27.9 Å². The summed E-state index contributed by atoms with van der Waals surface area (Å²) in [5, 5.41) is 3.61. The van der Waals surface area contributed by atoms with E-state index < -0.39 is 6.10 Å². The Morgan fingerprint density at radius 3 is 2.41 bits per heavy atom. The molecule has 2 rings (SSSR count). The summed E-state index contributed by atoms with van der Waals surface area (Å²) in [6.45, 7) is 3.59. The number of benzene rings is 2. The van der Waals surface area contributed by atoms with Gasteiger partial charge in [0.05, 0.1) is 11.1 Å². The molecule has 3 nitrogen and oxygen atoms in total. The molecule has 2 aromatic carbocycles. The highest BCUT2D eigenvalue weighted by Crippen LogP contribution is 2.32. The van der Waals surface area contributed by atoms with E-state index in [-0.39, 0.29) is 11.9 Å². The molecule has 0 bridgehead atoms. The van der Waals surface area contributed by atoms with Gasteiger partial charge in [-0.25, -0.2) is 0 Å². The maximum Gasteiger partial charge on any atom is 0.261 e. The number of halogens is 2.